The lowest BCUT2D eigenvalue weighted by atomic mass is 10.0. The summed E-state index contributed by atoms with van der Waals surface area (Å²) in [6.07, 6.45) is 0.594. The topological polar surface area (TPSA) is 61.9 Å². The number of halogens is 1. The molecule has 1 fully saturated rings. The van der Waals surface area contributed by atoms with Gasteiger partial charge in [0.05, 0.1) is 7.11 Å². The van der Waals surface area contributed by atoms with Gasteiger partial charge in [0, 0.05) is 42.5 Å². The number of amides is 2. The number of hydrogen-bond acceptors (Lipinski definition) is 4. The van der Waals surface area contributed by atoms with Crippen molar-refractivity contribution in [3.8, 4) is 5.75 Å². The summed E-state index contributed by atoms with van der Waals surface area (Å²) >= 11 is 5.91. The summed E-state index contributed by atoms with van der Waals surface area (Å²) in [6, 6.07) is 14.1. The minimum Gasteiger partial charge on any atom is -0.497 e. The van der Waals surface area contributed by atoms with E-state index >= 15 is 0 Å². The van der Waals surface area contributed by atoms with Crippen LogP contribution in [0, 0.1) is 5.92 Å². The fourth-order valence-corrected chi connectivity index (χ4v) is 3.86. The van der Waals surface area contributed by atoms with Crippen molar-refractivity contribution in [3.05, 3.63) is 59.1 Å². The molecule has 7 heteroatoms. The highest BCUT2D eigenvalue weighted by Crippen LogP contribution is 2.21. The standard InChI is InChI=1S/C24H30ClN3O3/c1-17(2)16-22(26-23(29)18-4-6-19(25)7-5-18)24(30)28-14-12-27(13-15-28)20-8-10-21(31-3)11-9-20/h4-11,17,22H,12-16H2,1-3H3,(H,26,29)/t22-/m1/s1. The van der Waals surface area contributed by atoms with Crippen molar-refractivity contribution in [2.24, 2.45) is 5.92 Å². The molecule has 6 nitrogen and oxygen atoms in total. The number of benzene rings is 2. The number of carbonyl (C=O) groups excluding carboxylic acids is 2. The van der Waals surface area contributed by atoms with Crippen molar-refractivity contribution < 1.29 is 14.3 Å². The molecule has 0 unspecified atom stereocenters. The Morgan fingerprint density at radius 1 is 1.00 bits per heavy atom. The zero-order valence-electron chi connectivity index (χ0n) is 18.3. The summed E-state index contributed by atoms with van der Waals surface area (Å²) < 4.78 is 5.22. The number of nitrogens with zero attached hydrogens (tertiary/aromatic N) is 2. The quantitative estimate of drug-likeness (QED) is 0.706. The third-order valence-electron chi connectivity index (χ3n) is 5.45. The van der Waals surface area contributed by atoms with Crippen molar-refractivity contribution in [2.45, 2.75) is 26.3 Å². The van der Waals surface area contributed by atoms with Gasteiger partial charge in [-0.3, -0.25) is 9.59 Å². The van der Waals surface area contributed by atoms with Gasteiger partial charge in [-0.2, -0.15) is 0 Å². The predicted molar refractivity (Wildman–Crippen MR) is 124 cm³/mol. The van der Waals surface area contributed by atoms with E-state index in [-0.39, 0.29) is 17.7 Å². The number of piperazine rings is 1. The van der Waals surface area contributed by atoms with Crippen LogP contribution in [-0.4, -0.2) is 56.0 Å². The number of methoxy groups -OCH3 is 1. The first-order valence-electron chi connectivity index (χ1n) is 10.6. The van der Waals surface area contributed by atoms with E-state index < -0.39 is 6.04 Å². The van der Waals surface area contributed by atoms with Crippen LogP contribution in [0.1, 0.15) is 30.6 Å². The van der Waals surface area contributed by atoms with Crippen molar-refractivity contribution in [1.82, 2.24) is 10.2 Å². The lowest BCUT2D eigenvalue weighted by Gasteiger charge is -2.38. The molecular weight excluding hydrogens is 414 g/mol. The maximum absolute atomic E-state index is 13.2. The highest BCUT2D eigenvalue weighted by atomic mass is 35.5. The molecule has 1 saturated heterocycles. The number of nitrogens with one attached hydrogen (secondary N) is 1. The van der Waals surface area contributed by atoms with Gasteiger partial charge in [0.1, 0.15) is 11.8 Å². The van der Waals surface area contributed by atoms with E-state index in [1.54, 1.807) is 31.4 Å². The van der Waals surface area contributed by atoms with E-state index in [1.165, 1.54) is 0 Å². The molecule has 1 aliphatic rings. The Kier molecular flexibility index (Phi) is 7.80. The first kappa shape index (κ1) is 22.9. The monoisotopic (exact) mass is 443 g/mol. The Morgan fingerprint density at radius 2 is 1.61 bits per heavy atom. The van der Waals surface area contributed by atoms with Crippen LogP contribution in [0.4, 0.5) is 5.69 Å². The molecule has 0 aromatic heterocycles. The average molecular weight is 444 g/mol. The van der Waals surface area contributed by atoms with Gasteiger partial charge in [-0.05, 0) is 60.9 Å². The van der Waals surface area contributed by atoms with Gasteiger partial charge in [0.15, 0.2) is 0 Å². The third kappa shape index (κ3) is 6.14. The van der Waals surface area contributed by atoms with E-state index in [9.17, 15) is 9.59 Å². The molecule has 0 radical (unpaired) electrons. The molecule has 166 valence electrons. The van der Waals surface area contributed by atoms with Gasteiger partial charge < -0.3 is 19.9 Å². The van der Waals surface area contributed by atoms with E-state index in [4.69, 9.17) is 16.3 Å². The molecule has 1 heterocycles. The molecular formula is C24H30ClN3O3. The SMILES string of the molecule is COc1ccc(N2CCN(C(=O)[C@@H](CC(C)C)NC(=O)c3ccc(Cl)cc3)CC2)cc1. The zero-order valence-corrected chi connectivity index (χ0v) is 19.1. The Morgan fingerprint density at radius 3 is 2.16 bits per heavy atom. The number of hydrogen-bond donors (Lipinski definition) is 1. The second-order valence-electron chi connectivity index (χ2n) is 8.17. The normalized spacial score (nSPS) is 15.0. The Hall–Kier alpha value is -2.73. The van der Waals surface area contributed by atoms with E-state index in [0.29, 0.717) is 30.1 Å². The van der Waals surface area contributed by atoms with Crippen LogP contribution in [0.5, 0.6) is 5.75 Å². The summed E-state index contributed by atoms with van der Waals surface area (Å²) in [4.78, 5) is 30.0. The molecule has 1 aliphatic heterocycles. The zero-order chi connectivity index (χ0) is 22.4. The minimum atomic E-state index is -0.546. The number of rotatable bonds is 7. The molecule has 31 heavy (non-hydrogen) atoms. The molecule has 0 spiro atoms. The largest absolute Gasteiger partial charge is 0.497 e. The summed E-state index contributed by atoms with van der Waals surface area (Å²) in [7, 11) is 1.65. The summed E-state index contributed by atoms with van der Waals surface area (Å²) in [5.41, 5.74) is 1.61. The fraction of sp³-hybridized carbons (Fsp3) is 0.417. The Balaban J connectivity index is 1.62. The van der Waals surface area contributed by atoms with Crippen LogP contribution in [-0.2, 0) is 4.79 Å². The lowest BCUT2D eigenvalue weighted by Crippen LogP contribution is -2.55. The van der Waals surface area contributed by atoms with Gasteiger partial charge >= 0.3 is 0 Å². The molecule has 2 aromatic rings. The molecule has 0 saturated carbocycles. The Labute approximate surface area is 189 Å². The Bertz CT molecular complexity index is 876. The van der Waals surface area contributed by atoms with Crippen molar-refractivity contribution in [2.75, 3.05) is 38.2 Å². The predicted octanol–water partition coefficient (Wildman–Crippen LogP) is 3.84. The molecule has 0 aliphatic carbocycles. The number of ether oxygens (including phenoxy) is 1. The van der Waals surface area contributed by atoms with E-state index in [0.717, 1.165) is 24.5 Å². The summed E-state index contributed by atoms with van der Waals surface area (Å²) in [6.45, 7) is 6.84. The average Bonchev–Trinajstić information content (AvgIpc) is 2.78. The number of carbonyl (C=O) groups is 2. The number of anilines is 1. The molecule has 1 atom stereocenters. The fourth-order valence-electron chi connectivity index (χ4n) is 3.73. The first-order chi connectivity index (χ1) is 14.9. The second-order valence-corrected chi connectivity index (χ2v) is 8.61. The van der Waals surface area contributed by atoms with Gasteiger partial charge in [0.25, 0.3) is 5.91 Å². The highest BCUT2D eigenvalue weighted by Gasteiger charge is 2.29. The maximum atomic E-state index is 13.2. The molecule has 2 aromatic carbocycles. The van der Waals surface area contributed by atoms with Gasteiger partial charge in [-0.25, -0.2) is 0 Å². The maximum Gasteiger partial charge on any atom is 0.251 e. The summed E-state index contributed by atoms with van der Waals surface area (Å²) in [5, 5.41) is 3.51. The smallest absolute Gasteiger partial charge is 0.251 e. The van der Waals surface area contributed by atoms with Gasteiger partial charge in [-0.15, -0.1) is 0 Å². The molecule has 2 amide bonds. The van der Waals surface area contributed by atoms with Crippen molar-refractivity contribution in [1.29, 1.82) is 0 Å². The van der Waals surface area contributed by atoms with E-state index in [1.807, 2.05) is 29.2 Å². The molecule has 0 bridgehead atoms. The van der Waals surface area contributed by atoms with Crippen LogP contribution in [0.2, 0.25) is 5.02 Å². The molecule has 3 rings (SSSR count). The third-order valence-corrected chi connectivity index (χ3v) is 5.70. The minimum absolute atomic E-state index is 0.0228. The second kappa shape index (κ2) is 10.5. The van der Waals surface area contributed by atoms with Crippen molar-refractivity contribution in [3.63, 3.8) is 0 Å². The van der Waals surface area contributed by atoms with Crippen LogP contribution in [0.25, 0.3) is 0 Å². The van der Waals surface area contributed by atoms with Crippen molar-refractivity contribution >= 4 is 29.1 Å². The van der Waals surface area contributed by atoms with E-state index in [2.05, 4.69) is 24.1 Å². The lowest BCUT2D eigenvalue weighted by molar-refractivity contribution is -0.134. The first-order valence-corrected chi connectivity index (χ1v) is 11.0. The van der Waals surface area contributed by atoms with Crippen LogP contribution >= 0.6 is 11.6 Å². The molecule has 1 N–H and O–H groups in total. The van der Waals surface area contributed by atoms with Crippen LogP contribution in [0.3, 0.4) is 0 Å². The van der Waals surface area contributed by atoms with Gasteiger partial charge in [0.2, 0.25) is 5.91 Å². The summed E-state index contributed by atoms with van der Waals surface area (Å²) in [5.74, 6) is 0.823. The van der Waals surface area contributed by atoms with Gasteiger partial charge in [-0.1, -0.05) is 25.4 Å². The van der Waals surface area contributed by atoms with Crippen LogP contribution < -0.4 is 15.0 Å². The van der Waals surface area contributed by atoms with Crippen LogP contribution in [0.15, 0.2) is 48.5 Å². The highest BCUT2D eigenvalue weighted by molar-refractivity contribution is 6.30.